The summed E-state index contributed by atoms with van der Waals surface area (Å²) in [5.41, 5.74) is 0.478. The van der Waals surface area contributed by atoms with Crippen LogP contribution in [-0.2, 0) is 14.8 Å². The third kappa shape index (κ3) is 5.87. The topological polar surface area (TPSA) is 84.9 Å². The van der Waals surface area contributed by atoms with Gasteiger partial charge in [-0.1, -0.05) is 13.8 Å². The maximum absolute atomic E-state index is 12.8. The van der Waals surface area contributed by atoms with Crippen molar-refractivity contribution in [2.75, 3.05) is 25.1 Å². The predicted molar refractivity (Wildman–Crippen MR) is 113 cm³/mol. The van der Waals surface area contributed by atoms with Gasteiger partial charge in [-0.05, 0) is 61.4 Å². The number of carbonyl (C=O) groups is 1. The van der Waals surface area contributed by atoms with E-state index in [4.69, 9.17) is 9.47 Å². The highest BCUT2D eigenvalue weighted by Gasteiger charge is 2.21. The lowest BCUT2D eigenvalue weighted by Gasteiger charge is -2.20. The molecular formula is C21H28N2O5S. The van der Waals surface area contributed by atoms with E-state index in [9.17, 15) is 13.2 Å². The number of methoxy groups -OCH3 is 1. The van der Waals surface area contributed by atoms with Gasteiger partial charge in [0.15, 0.2) is 6.61 Å². The van der Waals surface area contributed by atoms with E-state index in [0.29, 0.717) is 23.1 Å². The molecule has 0 aliphatic heterocycles. The SMILES string of the molecule is COc1ccc(S(=O)(=O)N(C)c2ccc(OCC(=O)N[C@@H](C)C(C)C)cc2)cc1. The van der Waals surface area contributed by atoms with Crippen LogP contribution in [0.1, 0.15) is 20.8 Å². The lowest BCUT2D eigenvalue weighted by atomic mass is 10.1. The summed E-state index contributed by atoms with van der Waals surface area (Å²) in [6, 6.07) is 12.8. The molecule has 1 atom stereocenters. The fraction of sp³-hybridized carbons (Fsp3) is 0.381. The van der Waals surface area contributed by atoms with Crippen molar-refractivity contribution in [2.24, 2.45) is 5.92 Å². The van der Waals surface area contributed by atoms with Crippen molar-refractivity contribution >= 4 is 21.6 Å². The summed E-state index contributed by atoms with van der Waals surface area (Å²) < 4.78 is 37.3. The zero-order valence-corrected chi connectivity index (χ0v) is 18.2. The Morgan fingerprint density at radius 3 is 2.07 bits per heavy atom. The van der Waals surface area contributed by atoms with E-state index in [1.807, 2.05) is 20.8 Å². The number of sulfonamides is 1. The van der Waals surface area contributed by atoms with Crippen molar-refractivity contribution in [3.05, 3.63) is 48.5 Å². The summed E-state index contributed by atoms with van der Waals surface area (Å²) >= 11 is 0. The molecule has 1 amide bonds. The van der Waals surface area contributed by atoms with Gasteiger partial charge in [0.2, 0.25) is 0 Å². The van der Waals surface area contributed by atoms with Gasteiger partial charge in [0.05, 0.1) is 17.7 Å². The molecule has 158 valence electrons. The van der Waals surface area contributed by atoms with E-state index < -0.39 is 10.0 Å². The van der Waals surface area contributed by atoms with Crippen LogP contribution in [0.15, 0.2) is 53.4 Å². The van der Waals surface area contributed by atoms with Crippen LogP contribution in [0.5, 0.6) is 11.5 Å². The summed E-state index contributed by atoms with van der Waals surface area (Å²) in [7, 11) is -0.700. The minimum atomic E-state index is -3.70. The molecule has 7 nitrogen and oxygen atoms in total. The van der Waals surface area contributed by atoms with Crippen LogP contribution in [0.25, 0.3) is 0 Å². The lowest BCUT2D eigenvalue weighted by molar-refractivity contribution is -0.124. The first kappa shape index (κ1) is 22.5. The number of amides is 1. The van der Waals surface area contributed by atoms with Crippen LogP contribution in [0, 0.1) is 5.92 Å². The minimum absolute atomic E-state index is 0.0605. The zero-order valence-electron chi connectivity index (χ0n) is 17.4. The van der Waals surface area contributed by atoms with Gasteiger partial charge in [-0.2, -0.15) is 0 Å². The number of ether oxygens (including phenoxy) is 2. The molecule has 2 aromatic carbocycles. The van der Waals surface area contributed by atoms with E-state index in [0.717, 1.165) is 0 Å². The number of hydrogen-bond donors (Lipinski definition) is 1. The fourth-order valence-electron chi connectivity index (χ4n) is 2.41. The molecule has 1 N–H and O–H groups in total. The van der Waals surface area contributed by atoms with Crippen molar-refractivity contribution in [3.63, 3.8) is 0 Å². The molecule has 0 radical (unpaired) electrons. The molecule has 0 aromatic heterocycles. The van der Waals surface area contributed by atoms with Gasteiger partial charge in [-0.25, -0.2) is 8.42 Å². The summed E-state index contributed by atoms with van der Waals surface area (Å²) in [5.74, 6) is 1.20. The molecule has 0 unspecified atom stereocenters. The Labute approximate surface area is 172 Å². The largest absolute Gasteiger partial charge is 0.497 e. The highest BCUT2D eigenvalue weighted by Crippen LogP contribution is 2.25. The van der Waals surface area contributed by atoms with Crippen molar-refractivity contribution in [1.82, 2.24) is 5.32 Å². The Morgan fingerprint density at radius 1 is 1.00 bits per heavy atom. The molecule has 0 saturated heterocycles. The summed E-state index contributed by atoms with van der Waals surface area (Å²) in [6.07, 6.45) is 0. The van der Waals surface area contributed by atoms with Crippen molar-refractivity contribution in [1.29, 1.82) is 0 Å². The minimum Gasteiger partial charge on any atom is -0.497 e. The average molecular weight is 421 g/mol. The van der Waals surface area contributed by atoms with Crippen molar-refractivity contribution in [3.8, 4) is 11.5 Å². The second-order valence-electron chi connectivity index (χ2n) is 7.03. The molecule has 2 aromatic rings. The van der Waals surface area contributed by atoms with E-state index >= 15 is 0 Å². The van der Waals surface area contributed by atoms with Gasteiger partial charge in [-0.3, -0.25) is 9.10 Å². The Hall–Kier alpha value is -2.74. The van der Waals surface area contributed by atoms with E-state index in [1.54, 1.807) is 36.4 Å². The maximum atomic E-state index is 12.8. The van der Waals surface area contributed by atoms with E-state index in [-0.39, 0.29) is 23.5 Å². The second-order valence-corrected chi connectivity index (χ2v) is 9.00. The van der Waals surface area contributed by atoms with Gasteiger partial charge in [-0.15, -0.1) is 0 Å². The van der Waals surface area contributed by atoms with Crippen molar-refractivity contribution in [2.45, 2.75) is 31.7 Å². The number of nitrogens with zero attached hydrogens (tertiary/aromatic N) is 1. The summed E-state index contributed by atoms with van der Waals surface area (Å²) in [6.45, 7) is 5.90. The smallest absolute Gasteiger partial charge is 0.264 e. The van der Waals surface area contributed by atoms with Crippen LogP contribution in [0.2, 0.25) is 0 Å². The molecular weight excluding hydrogens is 392 g/mol. The number of nitrogens with one attached hydrogen (secondary N) is 1. The van der Waals surface area contributed by atoms with Crippen LogP contribution >= 0.6 is 0 Å². The number of rotatable bonds is 9. The highest BCUT2D eigenvalue weighted by molar-refractivity contribution is 7.92. The van der Waals surface area contributed by atoms with E-state index in [2.05, 4.69) is 5.32 Å². The number of carbonyl (C=O) groups excluding carboxylic acids is 1. The molecule has 0 fully saturated rings. The average Bonchev–Trinajstić information content (AvgIpc) is 2.72. The number of anilines is 1. The molecule has 0 aliphatic rings. The standard InChI is InChI=1S/C21H28N2O5S/c1-15(2)16(3)22-21(24)14-28-19-8-6-17(7-9-19)23(4)29(25,26)20-12-10-18(27-5)11-13-20/h6-13,15-16H,14H2,1-5H3,(H,22,24)/t16-/m0/s1. The molecule has 0 aliphatic carbocycles. The first-order valence-corrected chi connectivity index (χ1v) is 10.7. The third-order valence-corrected chi connectivity index (χ3v) is 6.48. The van der Waals surface area contributed by atoms with Gasteiger partial charge >= 0.3 is 0 Å². The second kappa shape index (κ2) is 9.65. The Kier molecular flexibility index (Phi) is 7.50. The van der Waals surface area contributed by atoms with Crippen LogP contribution < -0.4 is 19.1 Å². The van der Waals surface area contributed by atoms with Gasteiger partial charge < -0.3 is 14.8 Å². The van der Waals surface area contributed by atoms with Gasteiger partial charge in [0.25, 0.3) is 15.9 Å². The normalized spacial score (nSPS) is 12.3. The quantitative estimate of drug-likeness (QED) is 0.674. The predicted octanol–water partition coefficient (Wildman–Crippen LogP) is 3.06. The highest BCUT2D eigenvalue weighted by atomic mass is 32.2. The van der Waals surface area contributed by atoms with Crippen LogP contribution in [0.4, 0.5) is 5.69 Å². The molecule has 0 spiro atoms. The lowest BCUT2D eigenvalue weighted by Crippen LogP contribution is -2.38. The molecule has 0 heterocycles. The molecule has 8 heteroatoms. The summed E-state index contributed by atoms with van der Waals surface area (Å²) in [4.78, 5) is 12.1. The van der Waals surface area contributed by atoms with Crippen molar-refractivity contribution < 1.29 is 22.7 Å². The van der Waals surface area contributed by atoms with E-state index in [1.165, 1.54) is 30.6 Å². The van der Waals surface area contributed by atoms with Gasteiger partial charge in [0.1, 0.15) is 11.5 Å². The monoisotopic (exact) mass is 420 g/mol. The third-order valence-electron chi connectivity index (χ3n) is 4.68. The maximum Gasteiger partial charge on any atom is 0.264 e. The van der Waals surface area contributed by atoms with Crippen LogP contribution in [0.3, 0.4) is 0 Å². The zero-order chi connectivity index (χ0) is 21.6. The first-order valence-electron chi connectivity index (χ1n) is 9.30. The Balaban J connectivity index is 2.02. The Bertz CT molecular complexity index is 909. The molecule has 2 rings (SSSR count). The number of hydrogen-bond acceptors (Lipinski definition) is 5. The summed E-state index contributed by atoms with van der Waals surface area (Å²) in [5, 5.41) is 2.86. The Morgan fingerprint density at radius 2 is 1.55 bits per heavy atom. The molecule has 0 saturated carbocycles. The first-order chi connectivity index (χ1) is 13.6. The number of benzene rings is 2. The van der Waals surface area contributed by atoms with Crippen LogP contribution in [-0.4, -0.2) is 41.1 Å². The molecule has 0 bridgehead atoms. The van der Waals surface area contributed by atoms with Gasteiger partial charge in [0, 0.05) is 13.1 Å². The fourth-order valence-corrected chi connectivity index (χ4v) is 3.60. The molecule has 29 heavy (non-hydrogen) atoms.